The summed E-state index contributed by atoms with van der Waals surface area (Å²) >= 11 is 0. The topological polar surface area (TPSA) is 29.1 Å². The van der Waals surface area contributed by atoms with Crippen LogP contribution in [0.5, 0.6) is 0 Å². The van der Waals surface area contributed by atoms with E-state index in [4.69, 9.17) is 0 Å². The van der Waals surface area contributed by atoms with Gasteiger partial charge in [0, 0.05) is 5.56 Å². The first-order valence-electron chi connectivity index (χ1n) is 9.32. The highest BCUT2D eigenvalue weighted by molar-refractivity contribution is 5.94. The van der Waals surface area contributed by atoms with Gasteiger partial charge in [0.05, 0.1) is 6.04 Å². The Balaban J connectivity index is 1.81. The Kier molecular flexibility index (Phi) is 6.22. The second-order valence-electron chi connectivity index (χ2n) is 6.95. The van der Waals surface area contributed by atoms with Crippen molar-refractivity contribution in [2.75, 3.05) is 0 Å². The zero-order valence-electron chi connectivity index (χ0n) is 15.8. The SMILES string of the molecule is CC(C)C=Cc1ccc(C(=O)NC(c2ccccc2)c2ccccc2)cc1. The smallest absolute Gasteiger partial charge is 0.252 e. The van der Waals surface area contributed by atoms with Gasteiger partial charge >= 0.3 is 0 Å². The van der Waals surface area contributed by atoms with Gasteiger partial charge in [-0.05, 0) is 34.7 Å². The van der Waals surface area contributed by atoms with Crippen molar-refractivity contribution in [2.45, 2.75) is 19.9 Å². The first-order valence-corrected chi connectivity index (χ1v) is 9.32. The van der Waals surface area contributed by atoms with Crippen LogP contribution in [0.4, 0.5) is 0 Å². The largest absolute Gasteiger partial charge is 0.341 e. The molecule has 1 amide bonds. The lowest BCUT2D eigenvalue weighted by Gasteiger charge is -2.20. The average molecular weight is 355 g/mol. The van der Waals surface area contributed by atoms with Gasteiger partial charge in [-0.15, -0.1) is 0 Å². The molecule has 2 heteroatoms. The number of carbonyl (C=O) groups is 1. The lowest BCUT2D eigenvalue weighted by molar-refractivity contribution is 0.0943. The van der Waals surface area contributed by atoms with Gasteiger partial charge in [0.25, 0.3) is 5.91 Å². The molecule has 0 spiro atoms. The van der Waals surface area contributed by atoms with Crippen molar-refractivity contribution in [3.05, 3.63) is 113 Å². The summed E-state index contributed by atoms with van der Waals surface area (Å²) in [5.41, 5.74) is 3.89. The third kappa shape index (κ3) is 5.18. The minimum atomic E-state index is -0.180. The molecule has 136 valence electrons. The summed E-state index contributed by atoms with van der Waals surface area (Å²) in [4.78, 5) is 12.9. The van der Waals surface area contributed by atoms with Crippen molar-refractivity contribution in [2.24, 2.45) is 5.92 Å². The lowest BCUT2D eigenvalue weighted by atomic mass is 9.98. The van der Waals surface area contributed by atoms with Crippen molar-refractivity contribution in [3.63, 3.8) is 0 Å². The summed E-state index contributed by atoms with van der Waals surface area (Å²) in [5.74, 6) is 0.428. The quantitative estimate of drug-likeness (QED) is 0.588. The molecule has 0 fully saturated rings. The van der Waals surface area contributed by atoms with Gasteiger partial charge in [0.1, 0.15) is 0 Å². The molecule has 27 heavy (non-hydrogen) atoms. The molecule has 0 aromatic heterocycles. The number of hydrogen-bond donors (Lipinski definition) is 1. The van der Waals surface area contributed by atoms with E-state index < -0.39 is 0 Å². The normalized spacial score (nSPS) is 11.3. The predicted octanol–water partition coefficient (Wildman–Crippen LogP) is 5.88. The van der Waals surface area contributed by atoms with Crippen LogP contribution in [0.1, 0.15) is 46.9 Å². The maximum Gasteiger partial charge on any atom is 0.252 e. The van der Waals surface area contributed by atoms with Crippen LogP contribution in [0.3, 0.4) is 0 Å². The zero-order chi connectivity index (χ0) is 19.1. The van der Waals surface area contributed by atoms with Gasteiger partial charge in [-0.25, -0.2) is 0 Å². The minimum Gasteiger partial charge on any atom is -0.341 e. The maximum atomic E-state index is 12.9. The van der Waals surface area contributed by atoms with Gasteiger partial charge in [-0.1, -0.05) is 98.8 Å². The molecule has 0 saturated heterocycles. The van der Waals surface area contributed by atoms with Crippen molar-refractivity contribution in [1.29, 1.82) is 0 Å². The number of rotatable bonds is 6. The summed E-state index contributed by atoms with van der Waals surface area (Å²) < 4.78 is 0. The fourth-order valence-corrected chi connectivity index (χ4v) is 2.91. The van der Waals surface area contributed by atoms with Crippen LogP contribution in [-0.2, 0) is 0 Å². The number of nitrogens with one attached hydrogen (secondary N) is 1. The Labute approximate surface area is 161 Å². The third-order valence-electron chi connectivity index (χ3n) is 4.39. The number of hydrogen-bond acceptors (Lipinski definition) is 1. The number of amides is 1. The Hall–Kier alpha value is -3.13. The Bertz CT molecular complexity index is 841. The molecule has 0 atom stereocenters. The average Bonchev–Trinajstić information content (AvgIpc) is 2.72. The second kappa shape index (κ2) is 9.00. The van der Waals surface area contributed by atoms with E-state index >= 15 is 0 Å². The third-order valence-corrected chi connectivity index (χ3v) is 4.39. The second-order valence-corrected chi connectivity index (χ2v) is 6.95. The first kappa shape index (κ1) is 18.7. The molecule has 3 rings (SSSR count). The van der Waals surface area contributed by atoms with Gasteiger partial charge in [-0.3, -0.25) is 4.79 Å². The molecule has 0 radical (unpaired) electrons. The fourth-order valence-electron chi connectivity index (χ4n) is 2.91. The predicted molar refractivity (Wildman–Crippen MR) is 113 cm³/mol. The van der Waals surface area contributed by atoms with Crippen LogP contribution in [0, 0.1) is 5.92 Å². The highest BCUT2D eigenvalue weighted by atomic mass is 16.1. The maximum absolute atomic E-state index is 12.9. The van der Waals surface area contributed by atoms with Crippen LogP contribution in [0.2, 0.25) is 0 Å². The molecule has 0 aliphatic heterocycles. The highest BCUT2D eigenvalue weighted by Gasteiger charge is 2.17. The number of carbonyl (C=O) groups excluding carboxylic acids is 1. The summed E-state index contributed by atoms with van der Waals surface area (Å²) in [6.45, 7) is 4.29. The van der Waals surface area contributed by atoms with E-state index in [2.05, 4.69) is 31.3 Å². The molecule has 0 aliphatic carbocycles. The van der Waals surface area contributed by atoms with Gasteiger partial charge < -0.3 is 5.32 Å². The van der Waals surface area contributed by atoms with Crippen LogP contribution < -0.4 is 5.32 Å². The summed E-state index contributed by atoms with van der Waals surface area (Å²) in [6.07, 6.45) is 4.24. The van der Waals surface area contributed by atoms with E-state index in [0.29, 0.717) is 11.5 Å². The van der Waals surface area contributed by atoms with Crippen LogP contribution in [0.25, 0.3) is 6.08 Å². The van der Waals surface area contributed by atoms with Crippen molar-refractivity contribution in [1.82, 2.24) is 5.32 Å². The van der Waals surface area contributed by atoms with Gasteiger partial charge in [0.2, 0.25) is 0 Å². The van der Waals surface area contributed by atoms with E-state index in [1.807, 2.05) is 84.9 Å². The molecule has 0 heterocycles. The summed E-state index contributed by atoms with van der Waals surface area (Å²) in [6, 6.07) is 27.6. The van der Waals surface area contributed by atoms with Crippen LogP contribution in [0.15, 0.2) is 91.0 Å². The monoisotopic (exact) mass is 355 g/mol. The molecule has 3 aromatic carbocycles. The zero-order valence-corrected chi connectivity index (χ0v) is 15.8. The molecule has 3 aromatic rings. The Morgan fingerprint density at radius 1 is 0.778 bits per heavy atom. The standard InChI is InChI=1S/C25H25NO/c1-19(2)13-14-20-15-17-23(18-16-20)25(27)26-24(21-9-5-3-6-10-21)22-11-7-4-8-12-22/h3-19,24H,1-2H3,(H,26,27). The first-order chi connectivity index (χ1) is 13.1. The molecule has 2 nitrogen and oxygen atoms in total. The van der Waals surface area contributed by atoms with E-state index in [1.165, 1.54) is 0 Å². The molecule has 1 N–H and O–H groups in total. The molecule has 0 bridgehead atoms. The molecular formula is C25H25NO. The molecule has 0 saturated carbocycles. The Morgan fingerprint density at radius 3 is 1.78 bits per heavy atom. The van der Waals surface area contributed by atoms with E-state index in [9.17, 15) is 4.79 Å². The van der Waals surface area contributed by atoms with Crippen LogP contribution in [-0.4, -0.2) is 5.91 Å². The molecular weight excluding hydrogens is 330 g/mol. The minimum absolute atomic E-state index is 0.0768. The lowest BCUT2D eigenvalue weighted by Crippen LogP contribution is -2.29. The number of benzene rings is 3. The van der Waals surface area contributed by atoms with E-state index in [0.717, 1.165) is 16.7 Å². The van der Waals surface area contributed by atoms with E-state index in [-0.39, 0.29) is 11.9 Å². The fraction of sp³-hybridized carbons (Fsp3) is 0.160. The molecule has 0 aliphatic rings. The van der Waals surface area contributed by atoms with Crippen LogP contribution >= 0.6 is 0 Å². The van der Waals surface area contributed by atoms with Gasteiger partial charge in [0.15, 0.2) is 0 Å². The number of allylic oxidation sites excluding steroid dienone is 1. The van der Waals surface area contributed by atoms with Crippen molar-refractivity contribution in [3.8, 4) is 0 Å². The summed E-state index contributed by atoms with van der Waals surface area (Å²) in [7, 11) is 0. The molecule has 0 unspecified atom stereocenters. The van der Waals surface area contributed by atoms with Gasteiger partial charge in [-0.2, -0.15) is 0 Å². The van der Waals surface area contributed by atoms with Crippen molar-refractivity contribution < 1.29 is 4.79 Å². The Morgan fingerprint density at radius 2 is 1.30 bits per heavy atom. The highest BCUT2D eigenvalue weighted by Crippen LogP contribution is 2.22. The van der Waals surface area contributed by atoms with E-state index in [1.54, 1.807) is 0 Å². The summed E-state index contributed by atoms with van der Waals surface area (Å²) in [5, 5.41) is 3.18. The van der Waals surface area contributed by atoms with Crippen molar-refractivity contribution >= 4 is 12.0 Å².